The molecule has 1 aromatic carbocycles. The van der Waals surface area contributed by atoms with E-state index in [0.29, 0.717) is 0 Å². The van der Waals surface area contributed by atoms with E-state index in [0.717, 1.165) is 25.3 Å². The summed E-state index contributed by atoms with van der Waals surface area (Å²) in [5.74, 6) is 0. The monoisotopic (exact) mass is 252 g/mol. The lowest BCUT2D eigenvalue weighted by Gasteiger charge is -2.05. The number of nitrogens with two attached hydrogens (primary N) is 1. The Labute approximate surface area is 111 Å². The smallest absolute Gasteiger partial charge is 0.0465 e. The van der Waals surface area contributed by atoms with Gasteiger partial charge < -0.3 is 16.6 Å². The molecule has 0 amide bonds. The van der Waals surface area contributed by atoms with Crippen molar-refractivity contribution in [2.75, 3.05) is 18.9 Å². The highest BCUT2D eigenvalue weighted by Crippen LogP contribution is 2.15. The SMILES string of the molecule is CCOCCCCCCc1ccc(N)c(C)c1.N. The summed E-state index contributed by atoms with van der Waals surface area (Å²) in [4.78, 5) is 0. The largest absolute Gasteiger partial charge is 0.399 e. The fourth-order valence-electron chi connectivity index (χ4n) is 1.92. The molecule has 104 valence electrons. The van der Waals surface area contributed by atoms with Gasteiger partial charge in [-0.2, -0.15) is 0 Å². The number of nitrogen functional groups attached to an aromatic ring is 1. The summed E-state index contributed by atoms with van der Waals surface area (Å²) in [6.45, 7) is 5.87. The molecule has 0 fully saturated rings. The number of hydrogen-bond acceptors (Lipinski definition) is 3. The lowest BCUT2D eigenvalue weighted by atomic mass is 10.0. The second-order valence-electron chi connectivity index (χ2n) is 4.55. The maximum atomic E-state index is 5.80. The Bertz CT molecular complexity index is 326. The third-order valence-corrected chi connectivity index (χ3v) is 3.04. The van der Waals surface area contributed by atoms with Gasteiger partial charge in [-0.3, -0.25) is 0 Å². The molecule has 0 saturated carbocycles. The number of rotatable bonds is 8. The first kappa shape index (κ1) is 16.9. The van der Waals surface area contributed by atoms with E-state index in [9.17, 15) is 0 Å². The maximum Gasteiger partial charge on any atom is 0.0465 e. The van der Waals surface area contributed by atoms with E-state index >= 15 is 0 Å². The molecule has 0 atom stereocenters. The van der Waals surface area contributed by atoms with Gasteiger partial charge in [0.05, 0.1) is 0 Å². The molecule has 0 radical (unpaired) electrons. The standard InChI is InChI=1S/C15H25NO.H3N/c1-3-17-11-7-5-4-6-8-14-9-10-15(16)13(2)12-14;/h9-10,12H,3-8,11,16H2,1-2H3;1H3. The molecule has 3 nitrogen and oxygen atoms in total. The molecule has 1 rings (SSSR count). The molecule has 0 spiro atoms. The van der Waals surface area contributed by atoms with E-state index in [2.05, 4.69) is 19.1 Å². The van der Waals surface area contributed by atoms with Crippen LogP contribution in [-0.4, -0.2) is 13.2 Å². The van der Waals surface area contributed by atoms with Crippen LogP contribution in [0.2, 0.25) is 0 Å². The molecule has 18 heavy (non-hydrogen) atoms. The van der Waals surface area contributed by atoms with E-state index in [4.69, 9.17) is 10.5 Å². The first-order chi connectivity index (χ1) is 8.24. The molecule has 3 heteroatoms. The van der Waals surface area contributed by atoms with Gasteiger partial charge in [0.25, 0.3) is 0 Å². The number of ether oxygens (including phenoxy) is 1. The molecule has 0 saturated heterocycles. The quantitative estimate of drug-likeness (QED) is 0.545. The van der Waals surface area contributed by atoms with Crippen LogP contribution in [-0.2, 0) is 11.2 Å². The Balaban J connectivity index is 0.00000289. The van der Waals surface area contributed by atoms with Crippen molar-refractivity contribution in [3.05, 3.63) is 29.3 Å². The average molecular weight is 252 g/mol. The molecule has 1 aromatic rings. The Kier molecular flexibility index (Phi) is 9.33. The van der Waals surface area contributed by atoms with Crippen LogP contribution in [0.5, 0.6) is 0 Å². The van der Waals surface area contributed by atoms with Crippen molar-refractivity contribution in [1.82, 2.24) is 6.15 Å². The van der Waals surface area contributed by atoms with Gasteiger partial charge in [-0.05, 0) is 50.3 Å². The van der Waals surface area contributed by atoms with Crippen LogP contribution in [0.1, 0.15) is 43.7 Å². The van der Waals surface area contributed by atoms with Gasteiger partial charge in [-0.25, -0.2) is 0 Å². The molecular formula is C15H28N2O. The van der Waals surface area contributed by atoms with E-state index in [1.807, 2.05) is 13.0 Å². The lowest BCUT2D eigenvalue weighted by Crippen LogP contribution is -1.94. The number of unbranched alkanes of at least 4 members (excludes halogenated alkanes) is 3. The summed E-state index contributed by atoms with van der Waals surface area (Å²) in [5.41, 5.74) is 9.29. The number of aryl methyl sites for hydroxylation is 2. The normalized spacial score (nSPS) is 10.1. The topological polar surface area (TPSA) is 70.2 Å². The van der Waals surface area contributed by atoms with Crippen LogP contribution in [0, 0.1) is 6.92 Å². The maximum absolute atomic E-state index is 5.80. The van der Waals surface area contributed by atoms with Gasteiger partial charge in [0.15, 0.2) is 0 Å². The van der Waals surface area contributed by atoms with E-state index in [1.54, 1.807) is 0 Å². The van der Waals surface area contributed by atoms with Gasteiger partial charge in [-0.1, -0.05) is 25.0 Å². The summed E-state index contributed by atoms with van der Waals surface area (Å²) >= 11 is 0. The third kappa shape index (κ3) is 6.62. The van der Waals surface area contributed by atoms with Crippen LogP contribution < -0.4 is 11.9 Å². The summed E-state index contributed by atoms with van der Waals surface area (Å²) in [6, 6.07) is 6.36. The third-order valence-electron chi connectivity index (χ3n) is 3.04. The minimum absolute atomic E-state index is 0. The Morgan fingerprint density at radius 3 is 2.50 bits per heavy atom. The minimum Gasteiger partial charge on any atom is -0.399 e. The van der Waals surface area contributed by atoms with Gasteiger partial charge in [0, 0.05) is 18.9 Å². The fourth-order valence-corrected chi connectivity index (χ4v) is 1.92. The summed E-state index contributed by atoms with van der Waals surface area (Å²) < 4.78 is 5.31. The molecular weight excluding hydrogens is 224 g/mol. The summed E-state index contributed by atoms with van der Waals surface area (Å²) in [7, 11) is 0. The Morgan fingerprint density at radius 2 is 1.83 bits per heavy atom. The molecule has 0 aliphatic carbocycles. The molecule has 0 aromatic heterocycles. The average Bonchev–Trinajstić information content (AvgIpc) is 2.32. The van der Waals surface area contributed by atoms with Gasteiger partial charge in [0.1, 0.15) is 0 Å². The number of anilines is 1. The van der Waals surface area contributed by atoms with Crippen molar-refractivity contribution in [3.8, 4) is 0 Å². The van der Waals surface area contributed by atoms with Gasteiger partial charge in [0.2, 0.25) is 0 Å². The second-order valence-corrected chi connectivity index (χ2v) is 4.55. The molecule has 0 aliphatic rings. The highest BCUT2D eigenvalue weighted by atomic mass is 16.5. The van der Waals surface area contributed by atoms with Crippen molar-refractivity contribution in [1.29, 1.82) is 0 Å². The zero-order valence-corrected chi connectivity index (χ0v) is 11.9. The molecule has 0 bridgehead atoms. The molecule has 0 unspecified atom stereocenters. The van der Waals surface area contributed by atoms with Crippen molar-refractivity contribution < 1.29 is 4.74 Å². The predicted molar refractivity (Wildman–Crippen MR) is 79.3 cm³/mol. The lowest BCUT2D eigenvalue weighted by molar-refractivity contribution is 0.143. The van der Waals surface area contributed by atoms with Crippen molar-refractivity contribution >= 4 is 5.69 Å². The fraction of sp³-hybridized carbons (Fsp3) is 0.600. The van der Waals surface area contributed by atoms with Crippen molar-refractivity contribution in [3.63, 3.8) is 0 Å². The van der Waals surface area contributed by atoms with Crippen LogP contribution >= 0.6 is 0 Å². The van der Waals surface area contributed by atoms with Crippen molar-refractivity contribution in [2.24, 2.45) is 0 Å². The summed E-state index contributed by atoms with van der Waals surface area (Å²) in [5, 5.41) is 0. The molecule has 0 heterocycles. The first-order valence-corrected chi connectivity index (χ1v) is 6.66. The minimum atomic E-state index is 0. The zero-order valence-electron chi connectivity index (χ0n) is 11.9. The number of benzene rings is 1. The highest BCUT2D eigenvalue weighted by molar-refractivity contribution is 5.47. The van der Waals surface area contributed by atoms with E-state index in [-0.39, 0.29) is 6.15 Å². The summed E-state index contributed by atoms with van der Waals surface area (Å²) in [6.07, 6.45) is 6.17. The molecule has 0 aliphatic heterocycles. The van der Waals surface area contributed by atoms with Crippen molar-refractivity contribution in [2.45, 2.75) is 46.0 Å². The van der Waals surface area contributed by atoms with E-state index < -0.39 is 0 Å². The molecule has 5 N–H and O–H groups in total. The second kappa shape index (κ2) is 9.92. The predicted octanol–water partition coefficient (Wildman–Crippen LogP) is 3.88. The van der Waals surface area contributed by atoms with Gasteiger partial charge >= 0.3 is 0 Å². The Hall–Kier alpha value is -1.06. The zero-order chi connectivity index (χ0) is 12.5. The van der Waals surface area contributed by atoms with E-state index in [1.165, 1.54) is 36.8 Å². The van der Waals surface area contributed by atoms with Crippen LogP contribution in [0.15, 0.2) is 18.2 Å². The van der Waals surface area contributed by atoms with Crippen LogP contribution in [0.3, 0.4) is 0 Å². The Morgan fingerprint density at radius 1 is 1.11 bits per heavy atom. The highest BCUT2D eigenvalue weighted by Gasteiger charge is 1.97. The number of hydrogen-bond donors (Lipinski definition) is 2. The van der Waals surface area contributed by atoms with Crippen LogP contribution in [0.4, 0.5) is 5.69 Å². The van der Waals surface area contributed by atoms with Gasteiger partial charge in [-0.15, -0.1) is 0 Å². The van der Waals surface area contributed by atoms with Crippen LogP contribution in [0.25, 0.3) is 0 Å². The first-order valence-electron chi connectivity index (χ1n) is 6.66.